The highest BCUT2D eigenvalue weighted by Gasteiger charge is 2.11. The molecule has 0 spiro atoms. The molecule has 0 saturated carbocycles. The van der Waals surface area contributed by atoms with E-state index in [1.165, 1.54) is 0 Å². The van der Waals surface area contributed by atoms with Gasteiger partial charge < -0.3 is 11.1 Å². The number of aromatic nitrogens is 2. The van der Waals surface area contributed by atoms with Crippen LogP contribution >= 0.6 is 27.3 Å². The summed E-state index contributed by atoms with van der Waals surface area (Å²) in [7, 11) is 0. The van der Waals surface area contributed by atoms with Gasteiger partial charge in [0.15, 0.2) is 0 Å². The Kier molecular flexibility index (Phi) is 3.93. The van der Waals surface area contributed by atoms with Gasteiger partial charge in [-0.05, 0) is 28.9 Å². The minimum absolute atomic E-state index is 0.213. The first-order chi connectivity index (χ1) is 8.56. The second-order valence-electron chi connectivity index (χ2n) is 3.63. The number of aryl methyl sites for hydroxylation is 1. The van der Waals surface area contributed by atoms with E-state index in [-0.39, 0.29) is 11.7 Å². The SMILES string of the molecule is Cc1nc(CNC(=O)c2cc(Br)cnc2N)cs1. The van der Waals surface area contributed by atoms with Crippen LogP contribution < -0.4 is 11.1 Å². The lowest BCUT2D eigenvalue weighted by Gasteiger charge is -2.06. The molecule has 94 valence electrons. The summed E-state index contributed by atoms with van der Waals surface area (Å²) in [6, 6.07) is 1.64. The van der Waals surface area contributed by atoms with E-state index in [1.807, 2.05) is 12.3 Å². The normalized spacial score (nSPS) is 10.3. The molecule has 0 unspecified atom stereocenters. The van der Waals surface area contributed by atoms with Crippen molar-refractivity contribution in [3.63, 3.8) is 0 Å². The van der Waals surface area contributed by atoms with Crippen LogP contribution in [0.2, 0.25) is 0 Å². The molecule has 0 saturated heterocycles. The van der Waals surface area contributed by atoms with Crippen LogP contribution in [0, 0.1) is 6.92 Å². The van der Waals surface area contributed by atoms with E-state index in [9.17, 15) is 4.79 Å². The standard InChI is InChI=1S/C11H11BrN4OS/c1-6-16-8(5-18-6)4-15-11(17)9-2-7(12)3-14-10(9)13/h2-3,5H,4H2,1H3,(H2,13,14)(H,15,17). The van der Waals surface area contributed by atoms with Crippen LogP contribution in [0.1, 0.15) is 21.1 Å². The number of hydrogen-bond donors (Lipinski definition) is 2. The van der Waals surface area contributed by atoms with Gasteiger partial charge in [-0.1, -0.05) is 0 Å². The van der Waals surface area contributed by atoms with E-state index in [4.69, 9.17) is 5.73 Å². The van der Waals surface area contributed by atoms with Gasteiger partial charge in [0.25, 0.3) is 5.91 Å². The third kappa shape index (κ3) is 3.05. The maximum Gasteiger partial charge on any atom is 0.255 e. The van der Waals surface area contributed by atoms with Crippen molar-refractivity contribution >= 4 is 39.0 Å². The molecule has 5 nitrogen and oxygen atoms in total. The molecule has 0 radical (unpaired) electrons. The summed E-state index contributed by atoms with van der Waals surface area (Å²) in [6.45, 7) is 2.31. The van der Waals surface area contributed by atoms with Gasteiger partial charge in [0.05, 0.1) is 22.8 Å². The molecule has 0 aromatic carbocycles. The van der Waals surface area contributed by atoms with Gasteiger partial charge in [0, 0.05) is 16.0 Å². The van der Waals surface area contributed by atoms with Crippen molar-refractivity contribution < 1.29 is 4.79 Å². The third-order valence-electron chi connectivity index (χ3n) is 2.23. The monoisotopic (exact) mass is 326 g/mol. The molecule has 0 bridgehead atoms. The molecule has 0 aliphatic heterocycles. The van der Waals surface area contributed by atoms with Gasteiger partial charge in [-0.25, -0.2) is 9.97 Å². The molecule has 2 heterocycles. The predicted octanol–water partition coefficient (Wildman–Crippen LogP) is 2.12. The number of pyridine rings is 1. The fourth-order valence-corrected chi connectivity index (χ4v) is 2.33. The summed E-state index contributed by atoms with van der Waals surface area (Å²) >= 11 is 4.81. The van der Waals surface area contributed by atoms with E-state index in [2.05, 4.69) is 31.2 Å². The number of rotatable bonds is 3. The van der Waals surface area contributed by atoms with Crippen molar-refractivity contribution in [2.45, 2.75) is 13.5 Å². The van der Waals surface area contributed by atoms with Gasteiger partial charge in [0.1, 0.15) is 5.82 Å². The second-order valence-corrected chi connectivity index (χ2v) is 5.60. The Bertz CT molecular complexity index is 584. The van der Waals surface area contributed by atoms with Crippen LogP contribution in [0.25, 0.3) is 0 Å². The molecular weight excluding hydrogens is 316 g/mol. The summed E-state index contributed by atoms with van der Waals surface area (Å²) in [5.74, 6) is -0.0443. The molecule has 2 aromatic heterocycles. The van der Waals surface area contributed by atoms with Crippen molar-refractivity contribution in [1.82, 2.24) is 15.3 Å². The molecule has 2 aromatic rings. The summed E-state index contributed by atoms with van der Waals surface area (Å²) < 4.78 is 0.714. The average molecular weight is 327 g/mol. The summed E-state index contributed by atoms with van der Waals surface area (Å²) in [5.41, 5.74) is 6.85. The lowest BCUT2D eigenvalue weighted by Crippen LogP contribution is -2.24. The molecule has 0 atom stereocenters. The number of nitrogens with two attached hydrogens (primary N) is 1. The largest absolute Gasteiger partial charge is 0.383 e. The number of carbonyl (C=O) groups is 1. The van der Waals surface area contributed by atoms with Gasteiger partial charge in [0.2, 0.25) is 0 Å². The maximum atomic E-state index is 11.9. The lowest BCUT2D eigenvalue weighted by atomic mass is 10.2. The topological polar surface area (TPSA) is 80.9 Å². The molecular formula is C11H11BrN4OS. The van der Waals surface area contributed by atoms with E-state index in [0.29, 0.717) is 16.6 Å². The number of carbonyl (C=O) groups excluding carboxylic acids is 1. The Hall–Kier alpha value is -1.47. The highest BCUT2D eigenvalue weighted by atomic mass is 79.9. The van der Waals surface area contributed by atoms with E-state index >= 15 is 0 Å². The van der Waals surface area contributed by atoms with Gasteiger partial charge in [-0.15, -0.1) is 11.3 Å². The van der Waals surface area contributed by atoms with Crippen LogP contribution in [0.3, 0.4) is 0 Å². The Labute approximate surface area is 117 Å². The molecule has 0 fully saturated rings. The Morgan fingerprint density at radius 3 is 3.06 bits per heavy atom. The quantitative estimate of drug-likeness (QED) is 0.905. The zero-order valence-electron chi connectivity index (χ0n) is 9.61. The van der Waals surface area contributed by atoms with Crippen LogP contribution in [0.5, 0.6) is 0 Å². The van der Waals surface area contributed by atoms with Gasteiger partial charge >= 0.3 is 0 Å². The van der Waals surface area contributed by atoms with Crippen molar-refractivity contribution in [2.75, 3.05) is 5.73 Å². The average Bonchev–Trinajstić information content (AvgIpc) is 2.75. The molecule has 18 heavy (non-hydrogen) atoms. The van der Waals surface area contributed by atoms with Crippen LogP contribution in [0.4, 0.5) is 5.82 Å². The van der Waals surface area contributed by atoms with Gasteiger partial charge in [-0.3, -0.25) is 4.79 Å². The fourth-order valence-electron chi connectivity index (χ4n) is 1.39. The molecule has 1 amide bonds. The molecule has 0 aliphatic carbocycles. The van der Waals surface area contributed by atoms with Crippen molar-refractivity contribution in [3.05, 3.63) is 38.4 Å². The third-order valence-corrected chi connectivity index (χ3v) is 3.48. The molecule has 7 heteroatoms. The Morgan fingerprint density at radius 2 is 2.39 bits per heavy atom. The number of nitrogens with one attached hydrogen (secondary N) is 1. The maximum absolute atomic E-state index is 11.9. The van der Waals surface area contributed by atoms with Crippen LogP contribution in [0.15, 0.2) is 22.1 Å². The van der Waals surface area contributed by atoms with E-state index in [1.54, 1.807) is 23.6 Å². The molecule has 2 rings (SSSR count). The number of nitrogens with zero attached hydrogens (tertiary/aromatic N) is 2. The minimum atomic E-state index is -0.257. The van der Waals surface area contributed by atoms with Crippen molar-refractivity contribution in [2.24, 2.45) is 0 Å². The number of amides is 1. The first-order valence-electron chi connectivity index (χ1n) is 5.16. The summed E-state index contributed by atoms with van der Waals surface area (Å²) in [4.78, 5) is 20.1. The van der Waals surface area contributed by atoms with Crippen LogP contribution in [-0.4, -0.2) is 15.9 Å². The first kappa shape index (κ1) is 13.0. The summed E-state index contributed by atoms with van der Waals surface area (Å²) in [5, 5.41) is 5.65. The first-order valence-corrected chi connectivity index (χ1v) is 6.84. The van der Waals surface area contributed by atoms with Crippen molar-refractivity contribution in [1.29, 1.82) is 0 Å². The summed E-state index contributed by atoms with van der Waals surface area (Å²) in [6.07, 6.45) is 1.55. The number of hydrogen-bond acceptors (Lipinski definition) is 5. The molecule has 3 N–H and O–H groups in total. The highest BCUT2D eigenvalue weighted by molar-refractivity contribution is 9.10. The predicted molar refractivity (Wildman–Crippen MR) is 74.4 cm³/mol. The second kappa shape index (κ2) is 5.45. The fraction of sp³-hybridized carbons (Fsp3) is 0.182. The van der Waals surface area contributed by atoms with Gasteiger partial charge in [-0.2, -0.15) is 0 Å². The van der Waals surface area contributed by atoms with Crippen LogP contribution in [-0.2, 0) is 6.54 Å². The smallest absolute Gasteiger partial charge is 0.255 e. The minimum Gasteiger partial charge on any atom is -0.383 e. The molecule has 0 aliphatic rings. The highest BCUT2D eigenvalue weighted by Crippen LogP contribution is 2.15. The Morgan fingerprint density at radius 1 is 1.61 bits per heavy atom. The number of nitrogen functional groups attached to an aromatic ring is 1. The number of anilines is 1. The lowest BCUT2D eigenvalue weighted by molar-refractivity contribution is 0.0951. The van der Waals surface area contributed by atoms with E-state index < -0.39 is 0 Å². The van der Waals surface area contributed by atoms with Crippen molar-refractivity contribution in [3.8, 4) is 0 Å². The Balaban J connectivity index is 2.05. The zero-order valence-corrected chi connectivity index (χ0v) is 12.0. The zero-order chi connectivity index (χ0) is 13.1. The van der Waals surface area contributed by atoms with E-state index in [0.717, 1.165) is 10.7 Å². The number of thiazole rings is 1. The number of halogens is 1.